The zero-order valence-corrected chi connectivity index (χ0v) is 17.2. The molecule has 6 nitrogen and oxygen atoms in total. The number of rotatable bonds is 7. The Morgan fingerprint density at radius 1 is 1.19 bits per heavy atom. The molecule has 0 saturated carbocycles. The second-order valence-corrected chi connectivity index (χ2v) is 8.91. The Morgan fingerprint density at radius 2 is 1.81 bits per heavy atom. The number of carbonyl (C=O) groups is 1. The van der Waals surface area contributed by atoms with Gasteiger partial charge in [0.1, 0.15) is 0 Å². The van der Waals surface area contributed by atoms with Crippen molar-refractivity contribution in [3.05, 3.63) is 23.8 Å². The second-order valence-electron chi connectivity index (χ2n) is 7.00. The van der Waals surface area contributed by atoms with Crippen molar-refractivity contribution in [2.45, 2.75) is 57.9 Å². The van der Waals surface area contributed by atoms with Crippen LogP contribution in [0.3, 0.4) is 0 Å². The molecule has 0 bridgehead atoms. The molecule has 1 aliphatic rings. The van der Waals surface area contributed by atoms with E-state index in [1.165, 1.54) is 15.6 Å². The van der Waals surface area contributed by atoms with Crippen molar-refractivity contribution < 1.29 is 18.1 Å². The number of nitrogens with one attached hydrogen (secondary N) is 2. The number of aryl methyl sites for hydroxylation is 1. The van der Waals surface area contributed by atoms with Crippen LogP contribution in [-0.4, -0.2) is 50.9 Å². The summed E-state index contributed by atoms with van der Waals surface area (Å²) in [6.45, 7) is 10.2. The molecule has 1 aromatic carbocycles. The van der Waals surface area contributed by atoms with Gasteiger partial charge in [-0.2, -0.15) is 4.31 Å². The standard InChI is InChI=1S/C19H31N3O3S/c1-5-22(6-2)26(24,25)18-14-17(11-10-15(18)3)20-19(23)16(4)21-12-8-7-9-13-21/h10-11,14,16H,5-9,12-13H2,1-4H3,(H,20,23)/p+1/t16-/m1/s1. The van der Waals surface area contributed by atoms with Crippen molar-refractivity contribution in [2.24, 2.45) is 0 Å². The Morgan fingerprint density at radius 3 is 2.38 bits per heavy atom. The number of sulfonamides is 1. The van der Waals surface area contributed by atoms with Crippen LogP contribution < -0.4 is 10.2 Å². The van der Waals surface area contributed by atoms with Crippen molar-refractivity contribution in [3.8, 4) is 0 Å². The first-order valence-corrected chi connectivity index (χ1v) is 11.0. The molecule has 0 unspecified atom stereocenters. The van der Waals surface area contributed by atoms with E-state index in [-0.39, 0.29) is 16.8 Å². The van der Waals surface area contributed by atoms with Crippen LogP contribution >= 0.6 is 0 Å². The van der Waals surface area contributed by atoms with Gasteiger partial charge in [-0.05, 0) is 50.8 Å². The third-order valence-corrected chi connectivity index (χ3v) is 7.47. The molecule has 2 N–H and O–H groups in total. The summed E-state index contributed by atoms with van der Waals surface area (Å²) in [6.07, 6.45) is 3.55. The van der Waals surface area contributed by atoms with Gasteiger partial charge in [-0.25, -0.2) is 8.42 Å². The zero-order valence-electron chi connectivity index (χ0n) is 16.3. The zero-order chi connectivity index (χ0) is 19.3. The lowest BCUT2D eigenvalue weighted by molar-refractivity contribution is -0.918. The molecule has 1 aromatic rings. The molecule has 1 saturated heterocycles. The van der Waals surface area contributed by atoms with E-state index in [4.69, 9.17) is 0 Å². The van der Waals surface area contributed by atoms with Crippen LogP contribution in [0, 0.1) is 6.92 Å². The highest BCUT2D eigenvalue weighted by molar-refractivity contribution is 7.89. The maximum absolute atomic E-state index is 12.8. The van der Waals surface area contributed by atoms with Crippen molar-refractivity contribution in [3.63, 3.8) is 0 Å². The normalized spacial score (nSPS) is 17.3. The number of piperidine rings is 1. The molecular weight excluding hydrogens is 350 g/mol. The topological polar surface area (TPSA) is 70.9 Å². The van der Waals surface area contributed by atoms with Crippen LogP contribution in [0.25, 0.3) is 0 Å². The number of quaternary nitrogens is 1. The number of carbonyl (C=O) groups excluding carboxylic acids is 1. The summed E-state index contributed by atoms with van der Waals surface area (Å²) in [7, 11) is -3.55. The predicted molar refractivity (Wildman–Crippen MR) is 104 cm³/mol. The van der Waals surface area contributed by atoms with Crippen molar-refractivity contribution in [2.75, 3.05) is 31.5 Å². The summed E-state index contributed by atoms with van der Waals surface area (Å²) in [5.41, 5.74) is 1.22. The number of hydrogen-bond acceptors (Lipinski definition) is 3. The van der Waals surface area contributed by atoms with Crippen LogP contribution in [-0.2, 0) is 14.8 Å². The van der Waals surface area contributed by atoms with Gasteiger partial charge in [0.2, 0.25) is 10.0 Å². The molecule has 0 aromatic heterocycles. The Kier molecular flexibility index (Phi) is 7.20. The van der Waals surface area contributed by atoms with Gasteiger partial charge in [0, 0.05) is 18.8 Å². The number of likely N-dealkylation sites (tertiary alicyclic amines) is 1. The Balaban J connectivity index is 2.19. The van der Waals surface area contributed by atoms with Gasteiger partial charge in [-0.3, -0.25) is 4.79 Å². The number of hydrogen-bond donors (Lipinski definition) is 2. The van der Waals surface area contributed by atoms with Crippen molar-refractivity contribution in [1.29, 1.82) is 0 Å². The molecule has 0 radical (unpaired) electrons. The van der Waals surface area contributed by atoms with E-state index >= 15 is 0 Å². The second kappa shape index (κ2) is 8.97. The van der Waals surface area contributed by atoms with E-state index in [1.54, 1.807) is 25.1 Å². The first-order chi connectivity index (χ1) is 12.3. The fourth-order valence-corrected chi connectivity index (χ4v) is 5.24. The Hall–Kier alpha value is -1.44. The number of benzene rings is 1. The third-order valence-electron chi connectivity index (χ3n) is 5.28. The van der Waals surface area contributed by atoms with Gasteiger partial charge in [0.15, 0.2) is 6.04 Å². The summed E-state index contributed by atoms with van der Waals surface area (Å²) in [5, 5.41) is 2.91. The fraction of sp³-hybridized carbons (Fsp3) is 0.632. The maximum Gasteiger partial charge on any atom is 0.282 e. The van der Waals surface area contributed by atoms with Crippen molar-refractivity contribution in [1.82, 2.24) is 4.31 Å². The van der Waals surface area contributed by atoms with E-state index < -0.39 is 10.0 Å². The largest absolute Gasteiger partial charge is 0.325 e. The minimum Gasteiger partial charge on any atom is -0.325 e. The van der Waals surface area contributed by atoms with Crippen LogP contribution in [0.1, 0.15) is 45.6 Å². The average Bonchev–Trinajstić information content (AvgIpc) is 2.64. The number of amides is 1. The first-order valence-electron chi connectivity index (χ1n) is 9.57. The third kappa shape index (κ3) is 4.64. The SMILES string of the molecule is CCN(CC)S(=O)(=O)c1cc(NC(=O)[C@@H](C)[NH+]2CCCCC2)ccc1C. The van der Waals surface area contributed by atoms with Gasteiger partial charge in [0.05, 0.1) is 18.0 Å². The minimum atomic E-state index is -3.55. The monoisotopic (exact) mass is 382 g/mol. The number of nitrogens with zero attached hydrogens (tertiary/aromatic N) is 1. The average molecular weight is 383 g/mol. The van der Waals surface area contributed by atoms with E-state index in [1.807, 2.05) is 20.8 Å². The Labute approximate surface area is 157 Å². The highest BCUT2D eigenvalue weighted by atomic mass is 32.2. The van der Waals surface area contributed by atoms with Crippen LogP contribution in [0.2, 0.25) is 0 Å². The summed E-state index contributed by atoms with van der Waals surface area (Å²) in [5.74, 6) is -0.0584. The smallest absolute Gasteiger partial charge is 0.282 e. The summed E-state index contributed by atoms with van der Waals surface area (Å²) in [6, 6.07) is 4.97. The predicted octanol–water partition coefficient (Wildman–Crippen LogP) is 1.42. The molecule has 1 heterocycles. The van der Waals surface area contributed by atoms with E-state index in [9.17, 15) is 13.2 Å². The molecule has 0 spiro atoms. The quantitative estimate of drug-likeness (QED) is 0.749. The summed E-state index contributed by atoms with van der Waals surface area (Å²) < 4.78 is 27.1. The van der Waals surface area contributed by atoms with Crippen LogP contribution in [0.15, 0.2) is 23.1 Å². The van der Waals surface area contributed by atoms with Gasteiger partial charge in [0.25, 0.3) is 5.91 Å². The van der Waals surface area contributed by atoms with Crippen molar-refractivity contribution >= 4 is 21.6 Å². The van der Waals surface area contributed by atoms with E-state index in [0.29, 0.717) is 24.3 Å². The Bertz CT molecular complexity index is 724. The van der Waals surface area contributed by atoms with Gasteiger partial charge < -0.3 is 10.2 Å². The molecule has 0 aliphatic carbocycles. The molecule has 2 rings (SSSR count). The summed E-state index contributed by atoms with van der Waals surface area (Å²) >= 11 is 0. The lowest BCUT2D eigenvalue weighted by atomic mass is 10.1. The molecule has 1 aliphatic heterocycles. The lowest BCUT2D eigenvalue weighted by Gasteiger charge is -2.28. The summed E-state index contributed by atoms with van der Waals surface area (Å²) in [4.78, 5) is 14.2. The molecule has 1 atom stereocenters. The molecule has 26 heavy (non-hydrogen) atoms. The highest BCUT2D eigenvalue weighted by Gasteiger charge is 2.28. The lowest BCUT2D eigenvalue weighted by Crippen LogP contribution is -3.17. The van der Waals surface area contributed by atoms with Gasteiger partial charge in [-0.15, -0.1) is 0 Å². The van der Waals surface area contributed by atoms with Crippen LogP contribution in [0.5, 0.6) is 0 Å². The van der Waals surface area contributed by atoms with E-state index in [2.05, 4.69) is 5.32 Å². The molecular formula is C19H32N3O3S+. The van der Waals surface area contributed by atoms with E-state index in [0.717, 1.165) is 25.9 Å². The molecule has 1 fully saturated rings. The maximum atomic E-state index is 12.8. The molecule has 1 amide bonds. The molecule has 7 heteroatoms. The highest BCUT2D eigenvalue weighted by Crippen LogP contribution is 2.23. The first kappa shape index (κ1) is 20.9. The van der Waals surface area contributed by atoms with Crippen LogP contribution in [0.4, 0.5) is 5.69 Å². The van der Waals surface area contributed by atoms with Gasteiger partial charge in [-0.1, -0.05) is 19.9 Å². The number of anilines is 1. The van der Waals surface area contributed by atoms with Gasteiger partial charge >= 0.3 is 0 Å². The minimum absolute atomic E-state index is 0.0584. The fourth-order valence-electron chi connectivity index (χ4n) is 3.53. The molecule has 146 valence electrons.